The molecule has 0 bridgehead atoms. The van der Waals surface area contributed by atoms with Crippen LogP contribution in [0, 0.1) is 0 Å². The molecule has 78 valence electrons. The van der Waals surface area contributed by atoms with Gasteiger partial charge in [0.25, 0.3) is 0 Å². The third kappa shape index (κ3) is 2.08. The smallest absolute Gasteiger partial charge is 0.407 e. The number of phenols is 1. The highest BCUT2D eigenvalue weighted by molar-refractivity contribution is 5.49. The van der Waals surface area contributed by atoms with Crippen LogP contribution >= 0.6 is 0 Å². The molecule has 0 aromatic heterocycles. The van der Waals surface area contributed by atoms with Crippen molar-refractivity contribution in [2.45, 2.75) is 12.2 Å². The van der Waals surface area contributed by atoms with Crippen molar-refractivity contribution >= 4 is 5.69 Å². The van der Waals surface area contributed by atoms with Gasteiger partial charge in [-0.3, -0.25) is 0 Å². The van der Waals surface area contributed by atoms with Crippen molar-refractivity contribution in [2.75, 3.05) is 5.73 Å². The molecular formula is C8H9F3N2O. The lowest BCUT2D eigenvalue weighted by molar-refractivity contribution is -0.149. The van der Waals surface area contributed by atoms with Crippen molar-refractivity contribution in [3.63, 3.8) is 0 Å². The minimum atomic E-state index is -4.58. The van der Waals surface area contributed by atoms with E-state index in [1.165, 1.54) is 6.07 Å². The Morgan fingerprint density at radius 3 is 2.29 bits per heavy atom. The molecule has 0 saturated carbocycles. The summed E-state index contributed by atoms with van der Waals surface area (Å²) in [5.41, 5.74) is 9.95. The van der Waals surface area contributed by atoms with Gasteiger partial charge >= 0.3 is 6.18 Å². The van der Waals surface area contributed by atoms with E-state index in [0.717, 1.165) is 12.1 Å². The lowest BCUT2D eigenvalue weighted by Crippen LogP contribution is -2.28. The van der Waals surface area contributed by atoms with Crippen molar-refractivity contribution < 1.29 is 18.3 Å². The second kappa shape index (κ2) is 3.38. The zero-order chi connectivity index (χ0) is 10.9. The van der Waals surface area contributed by atoms with Crippen molar-refractivity contribution in [1.82, 2.24) is 0 Å². The number of aromatic hydroxyl groups is 1. The number of hydrogen-bond acceptors (Lipinski definition) is 3. The first-order chi connectivity index (χ1) is 6.32. The van der Waals surface area contributed by atoms with Crippen LogP contribution < -0.4 is 11.5 Å². The fourth-order valence-corrected chi connectivity index (χ4v) is 1.00. The van der Waals surface area contributed by atoms with Gasteiger partial charge in [-0.1, -0.05) is 6.07 Å². The average molecular weight is 206 g/mol. The van der Waals surface area contributed by atoms with Gasteiger partial charge in [-0.25, -0.2) is 0 Å². The molecule has 0 spiro atoms. The predicted octanol–water partition coefficient (Wildman–Crippen LogP) is 1.54. The predicted molar refractivity (Wildman–Crippen MR) is 45.5 cm³/mol. The van der Waals surface area contributed by atoms with Crippen molar-refractivity contribution in [2.24, 2.45) is 5.73 Å². The van der Waals surface area contributed by atoms with Crippen LogP contribution in [0.25, 0.3) is 0 Å². The maximum Gasteiger partial charge on any atom is 0.407 e. The molecule has 0 saturated heterocycles. The second-order valence-electron chi connectivity index (χ2n) is 2.84. The molecule has 0 amide bonds. The molecule has 6 heteroatoms. The van der Waals surface area contributed by atoms with Crippen LogP contribution in [0.4, 0.5) is 18.9 Å². The molecule has 0 fully saturated rings. The van der Waals surface area contributed by atoms with E-state index in [0.29, 0.717) is 0 Å². The molecule has 0 aliphatic rings. The number of halogens is 3. The summed E-state index contributed by atoms with van der Waals surface area (Å²) in [7, 11) is 0. The van der Waals surface area contributed by atoms with Crippen molar-refractivity contribution in [3.05, 3.63) is 23.8 Å². The average Bonchev–Trinajstić information content (AvgIpc) is 2.01. The second-order valence-corrected chi connectivity index (χ2v) is 2.84. The normalized spacial score (nSPS) is 14.0. The van der Waals surface area contributed by atoms with Crippen molar-refractivity contribution in [3.8, 4) is 5.75 Å². The van der Waals surface area contributed by atoms with Gasteiger partial charge in [-0.2, -0.15) is 13.2 Å². The zero-order valence-corrected chi connectivity index (χ0v) is 7.05. The van der Waals surface area contributed by atoms with Gasteiger partial charge in [0.2, 0.25) is 0 Å². The number of alkyl halides is 3. The molecule has 1 rings (SSSR count). The lowest BCUT2D eigenvalue weighted by Gasteiger charge is -2.16. The number of hydrogen-bond donors (Lipinski definition) is 3. The molecule has 0 unspecified atom stereocenters. The Labute approximate surface area is 78.1 Å². The van der Waals surface area contributed by atoms with Crippen LogP contribution in [0.5, 0.6) is 5.75 Å². The topological polar surface area (TPSA) is 72.3 Å². The first-order valence-corrected chi connectivity index (χ1v) is 3.73. The highest BCUT2D eigenvalue weighted by Crippen LogP contribution is 2.35. The summed E-state index contributed by atoms with van der Waals surface area (Å²) >= 11 is 0. The highest BCUT2D eigenvalue weighted by Gasteiger charge is 2.39. The number of phenolic OH excluding ortho intramolecular Hbond substituents is 1. The van der Waals surface area contributed by atoms with Crippen LogP contribution in [0.3, 0.4) is 0 Å². The van der Waals surface area contributed by atoms with E-state index in [4.69, 9.17) is 16.6 Å². The fraction of sp³-hybridized carbons (Fsp3) is 0.250. The summed E-state index contributed by atoms with van der Waals surface area (Å²) < 4.78 is 36.4. The molecule has 0 radical (unpaired) electrons. The Bertz CT molecular complexity index is 338. The molecule has 0 aliphatic carbocycles. The van der Waals surface area contributed by atoms with E-state index in [9.17, 15) is 13.2 Å². The number of anilines is 1. The Morgan fingerprint density at radius 2 is 1.86 bits per heavy atom. The molecule has 0 heterocycles. The Balaban J connectivity index is 3.08. The van der Waals surface area contributed by atoms with Crippen LogP contribution in [0.1, 0.15) is 11.6 Å². The Morgan fingerprint density at radius 1 is 1.29 bits per heavy atom. The third-order valence-electron chi connectivity index (χ3n) is 1.74. The maximum atomic E-state index is 12.1. The van der Waals surface area contributed by atoms with E-state index >= 15 is 0 Å². The molecule has 5 N–H and O–H groups in total. The van der Waals surface area contributed by atoms with Gasteiger partial charge < -0.3 is 16.6 Å². The van der Waals surface area contributed by atoms with E-state index in [1.807, 2.05) is 0 Å². The van der Waals surface area contributed by atoms with Gasteiger partial charge in [0, 0.05) is 17.3 Å². The maximum absolute atomic E-state index is 12.1. The molecular weight excluding hydrogens is 197 g/mol. The molecule has 0 aliphatic heterocycles. The van der Waals surface area contributed by atoms with E-state index in [-0.39, 0.29) is 11.3 Å². The lowest BCUT2D eigenvalue weighted by atomic mass is 10.1. The highest BCUT2D eigenvalue weighted by atomic mass is 19.4. The largest absolute Gasteiger partial charge is 0.508 e. The summed E-state index contributed by atoms with van der Waals surface area (Å²) in [6.07, 6.45) is -4.58. The quantitative estimate of drug-likeness (QED) is 0.610. The molecule has 3 nitrogen and oxygen atoms in total. The number of benzene rings is 1. The standard InChI is InChI=1S/C8H9F3N2O/c9-8(10,11)7(13)5-2-1-4(12)3-6(5)14/h1-3,7,14H,12-13H2/t7-/m0/s1. The van der Waals surface area contributed by atoms with Crippen LogP contribution in [0.2, 0.25) is 0 Å². The van der Waals surface area contributed by atoms with Crippen LogP contribution in [0.15, 0.2) is 18.2 Å². The van der Waals surface area contributed by atoms with E-state index in [1.54, 1.807) is 0 Å². The summed E-state index contributed by atoms with van der Waals surface area (Å²) in [6, 6.07) is 1.15. The summed E-state index contributed by atoms with van der Waals surface area (Å²) in [4.78, 5) is 0. The van der Waals surface area contributed by atoms with Crippen LogP contribution in [-0.4, -0.2) is 11.3 Å². The SMILES string of the molecule is Nc1ccc([C@H](N)C(F)(F)F)c(O)c1. The first-order valence-electron chi connectivity index (χ1n) is 3.73. The molecule has 1 aromatic carbocycles. The monoisotopic (exact) mass is 206 g/mol. The fourth-order valence-electron chi connectivity index (χ4n) is 1.00. The third-order valence-corrected chi connectivity index (χ3v) is 1.74. The van der Waals surface area contributed by atoms with Crippen LogP contribution in [-0.2, 0) is 0 Å². The minimum absolute atomic E-state index is 0.181. The Hall–Kier alpha value is -1.43. The van der Waals surface area contributed by atoms with E-state index < -0.39 is 18.0 Å². The van der Waals surface area contributed by atoms with E-state index in [2.05, 4.69) is 0 Å². The minimum Gasteiger partial charge on any atom is -0.508 e. The number of nitrogen functional groups attached to an aromatic ring is 1. The van der Waals surface area contributed by atoms with Gasteiger partial charge in [0.1, 0.15) is 11.8 Å². The number of nitrogens with two attached hydrogens (primary N) is 2. The molecule has 14 heavy (non-hydrogen) atoms. The Kier molecular flexibility index (Phi) is 2.57. The molecule has 1 atom stereocenters. The van der Waals surface area contributed by atoms with Gasteiger partial charge in [0.05, 0.1) is 0 Å². The van der Waals surface area contributed by atoms with Gasteiger partial charge in [-0.15, -0.1) is 0 Å². The first kappa shape index (κ1) is 10.6. The zero-order valence-electron chi connectivity index (χ0n) is 7.05. The number of rotatable bonds is 1. The van der Waals surface area contributed by atoms with Gasteiger partial charge in [-0.05, 0) is 6.07 Å². The van der Waals surface area contributed by atoms with Gasteiger partial charge in [0.15, 0.2) is 0 Å². The molecule has 1 aromatic rings. The summed E-state index contributed by atoms with van der Waals surface area (Å²) in [5, 5.41) is 9.17. The van der Waals surface area contributed by atoms with Crippen molar-refractivity contribution in [1.29, 1.82) is 0 Å². The summed E-state index contributed by atoms with van der Waals surface area (Å²) in [6.45, 7) is 0. The summed E-state index contributed by atoms with van der Waals surface area (Å²) in [5.74, 6) is -0.546.